The van der Waals surface area contributed by atoms with Gasteiger partial charge in [0.2, 0.25) is 0 Å². The minimum atomic E-state index is 0. The van der Waals surface area contributed by atoms with E-state index in [-0.39, 0.29) is 17.0 Å². The van der Waals surface area contributed by atoms with Crippen LogP contribution in [0.1, 0.15) is 16.7 Å². The number of fused-ring (bicyclic) bond motifs is 1. The number of phenolic OH excluding ortho intramolecular Hbond substituents is 1. The first-order chi connectivity index (χ1) is 12.8. The van der Waals surface area contributed by atoms with E-state index in [1.165, 1.54) is 11.1 Å². The summed E-state index contributed by atoms with van der Waals surface area (Å²) in [5.41, 5.74) is 3.60. The number of halogens is 1. The van der Waals surface area contributed by atoms with Gasteiger partial charge in [-0.3, -0.25) is 0 Å². The molecule has 0 saturated heterocycles. The average molecular weight is 418 g/mol. The molecule has 0 fully saturated rings. The molecule has 0 atom stereocenters. The highest BCUT2D eigenvalue weighted by molar-refractivity contribution is 5.87. The van der Waals surface area contributed by atoms with Gasteiger partial charge in [-0.2, -0.15) is 0 Å². The summed E-state index contributed by atoms with van der Waals surface area (Å²) < 4.78 is 2.18. The molecule has 27 heavy (non-hydrogen) atoms. The first-order valence-electron chi connectivity index (χ1n) is 8.70. The van der Waals surface area contributed by atoms with E-state index in [9.17, 15) is 5.11 Å². The van der Waals surface area contributed by atoms with E-state index in [1.807, 2.05) is 18.2 Å². The van der Waals surface area contributed by atoms with Crippen LogP contribution in [0, 0.1) is 0 Å². The van der Waals surface area contributed by atoms with Gasteiger partial charge in [-0.25, -0.2) is 4.57 Å². The predicted octanol–water partition coefficient (Wildman–Crippen LogP) is 2.06. The van der Waals surface area contributed by atoms with E-state index in [2.05, 4.69) is 77.6 Å². The summed E-state index contributed by atoms with van der Waals surface area (Å²) in [6, 6.07) is 26.4. The Kier molecular flexibility index (Phi) is 6.05. The van der Waals surface area contributed by atoms with E-state index in [0.29, 0.717) is 5.75 Å². The third-order valence-corrected chi connectivity index (χ3v) is 4.44. The molecule has 4 rings (SSSR count). The van der Waals surface area contributed by atoms with Gasteiger partial charge in [0.1, 0.15) is 5.75 Å². The van der Waals surface area contributed by atoms with Crippen LogP contribution >= 0.6 is 0 Å². The molecule has 0 unspecified atom stereocenters. The number of nitrogens with zero attached hydrogens (tertiary/aromatic N) is 1. The van der Waals surface area contributed by atoms with Crippen molar-refractivity contribution in [2.75, 3.05) is 0 Å². The third kappa shape index (κ3) is 4.83. The minimum absolute atomic E-state index is 0. The third-order valence-electron chi connectivity index (χ3n) is 4.44. The molecule has 0 aliphatic heterocycles. The van der Waals surface area contributed by atoms with Crippen molar-refractivity contribution in [1.29, 1.82) is 0 Å². The van der Waals surface area contributed by atoms with Gasteiger partial charge in [-0.15, -0.1) is 0 Å². The van der Waals surface area contributed by atoms with Gasteiger partial charge in [0.15, 0.2) is 18.9 Å². The quantitative estimate of drug-likeness (QED) is 0.504. The summed E-state index contributed by atoms with van der Waals surface area (Å²) in [6.07, 6.45) is 8.45. The predicted molar refractivity (Wildman–Crippen MR) is 107 cm³/mol. The molecular formula is C24H20BrNO. The molecule has 2 nitrogen and oxygen atoms in total. The van der Waals surface area contributed by atoms with Gasteiger partial charge in [0.05, 0.1) is 0 Å². The standard InChI is InChI=1S/C24H19NO.BrH/c26-24-11-10-22-16-20(8-9-23(22)17-24)7-6-19-12-14-25(15-13-19)18-21-4-2-1-3-5-21;/h1-17H,18H2;1H. The number of pyridine rings is 1. The van der Waals surface area contributed by atoms with Crippen LogP contribution in [-0.4, -0.2) is 5.11 Å². The smallest absolute Gasteiger partial charge is 0.173 e. The zero-order valence-corrected chi connectivity index (χ0v) is 16.4. The summed E-state index contributed by atoms with van der Waals surface area (Å²) in [5.74, 6) is 0.300. The number of aromatic hydroxyl groups is 1. The molecule has 1 aromatic heterocycles. The van der Waals surface area contributed by atoms with Gasteiger partial charge in [-0.1, -0.05) is 60.7 Å². The van der Waals surface area contributed by atoms with Gasteiger partial charge < -0.3 is 22.1 Å². The molecule has 1 heterocycles. The van der Waals surface area contributed by atoms with Crippen LogP contribution in [0.5, 0.6) is 5.75 Å². The van der Waals surface area contributed by atoms with Crippen molar-refractivity contribution < 1.29 is 26.7 Å². The summed E-state index contributed by atoms with van der Waals surface area (Å²) in [7, 11) is 0. The fraction of sp³-hybridized carbons (Fsp3) is 0.0417. The number of rotatable bonds is 4. The van der Waals surface area contributed by atoms with Crippen LogP contribution in [-0.2, 0) is 6.54 Å². The zero-order valence-electron chi connectivity index (χ0n) is 14.8. The van der Waals surface area contributed by atoms with E-state index in [4.69, 9.17) is 0 Å². The Balaban J connectivity index is 0.00000210. The minimum Gasteiger partial charge on any atom is -1.00 e. The molecule has 0 amide bonds. The Morgan fingerprint density at radius 3 is 2.15 bits per heavy atom. The highest BCUT2D eigenvalue weighted by atomic mass is 79.9. The number of hydrogen-bond acceptors (Lipinski definition) is 1. The molecule has 4 aromatic rings. The topological polar surface area (TPSA) is 24.1 Å². The SMILES string of the molecule is Oc1ccc2cc(/C=C/c3cc[n+](Cc4ccccc4)cc3)ccc2c1.[Br-]. The molecule has 0 aliphatic rings. The molecular weight excluding hydrogens is 398 g/mol. The van der Waals surface area contributed by atoms with E-state index >= 15 is 0 Å². The number of benzene rings is 3. The van der Waals surface area contributed by atoms with Crippen LogP contribution in [0.15, 0.2) is 91.3 Å². The first kappa shape index (κ1) is 18.9. The van der Waals surface area contributed by atoms with Gasteiger partial charge in [-0.05, 0) is 40.1 Å². The Morgan fingerprint density at radius 1 is 0.704 bits per heavy atom. The van der Waals surface area contributed by atoms with E-state index in [0.717, 1.165) is 22.9 Å². The van der Waals surface area contributed by atoms with Crippen LogP contribution in [0.4, 0.5) is 0 Å². The van der Waals surface area contributed by atoms with Crippen molar-refractivity contribution in [1.82, 2.24) is 0 Å². The molecule has 0 spiro atoms. The van der Waals surface area contributed by atoms with E-state index < -0.39 is 0 Å². The molecule has 0 bridgehead atoms. The highest BCUT2D eigenvalue weighted by Gasteiger charge is 2.01. The van der Waals surface area contributed by atoms with Crippen LogP contribution in [0.3, 0.4) is 0 Å². The zero-order chi connectivity index (χ0) is 17.8. The van der Waals surface area contributed by atoms with Crippen molar-refractivity contribution >= 4 is 22.9 Å². The maximum Gasteiger partial charge on any atom is 0.173 e. The average Bonchev–Trinajstić information content (AvgIpc) is 2.68. The van der Waals surface area contributed by atoms with Crippen molar-refractivity contribution in [3.05, 3.63) is 108 Å². The maximum atomic E-state index is 9.55. The summed E-state index contributed by atoms with van der Waals surface area (Å²) in [6.45, 7) is 0.877. The number of phenols is 1. The summed E-state index contributed by atoms with van der Waals surface area (Å²) >= 11 is 0. The lowest BCUT2D eigenvalue weighted by Crippen LogP contribution is -3.00. The lowest BCUT2D eigenvalue weighted by Gasteiger charge is -2.01. The maximum absolute atomic E-state index is 9.55. The Morgan fingerprint density at radius 2 is 1.37 bits per heavy atom. The largest absolute Gasteiger partial charge is 1.00 e. The lowest BCUT2D eigenvalue weighted by atomic mass is 10.1. The van der Waals surface area contributed by atoms with Gasteiger partial charge in [0, 0.05) is 17.7 Å². The lowest BCUT2D eigenvalue weighted by molar-refractivity contribution is -0.688. The van der Waals surface area contributed by atoms with E-state index in [1.54, 1.807) is 12.1 Å². The molecule has 3 aromatic carbocycles. The highest BCUT2D eigenvalue weighted by Crippen LogP contribution is 2.22. The molecule has 0 aliphatic carbocycles. The molecule has 1 N–H and O–H groups in total. The van der Waals surface area contributed by atoms with Crippen LogP contribution in [0.25, 0.3) is 22.9 Å². The fourth-order valence-electron chi connectivity index (χ4n) is 3.03. The first-order valence-corrected chi connectivity index (χ1v) is 8.70. The Hall–Kier alpha value is -2.91. The second-order valence-electron chi connectivity index (χ2n) is 6.41. The van der Waals surface area contributed by atoms with Crippen LogP contribution < -0.4 is 21.5 Å². The second-order valence-corrected chi connectivity index (χ2v) is 6.41. The van der Waals surface area contributed by atoms with Crippen molar-refractivity contribution in [2.45, 2.75) is 6.54 Å². The van der Waals surface area contributed by atoms with Crippen molar-refractivity contribution in [3.63, 3.8) is 0 Å². The fourth-order valence-corrected chi connectivity index (χ4v) is 3.03. The van der Waals surface area contributed by atoms with Crippen molar-refractivity contribution in [3.8, 4) is 5.75 Å². The Labute approximate surface area is 169 Å². The number of hydrogen-bond donors (Lipinski definition) is 1. The molecule has 0 radical (unpaired) electrons. The number of aromatic nitrogens is 1. The Bertz CT molecular complexity index is 1060. The molecule has 3 heteroatoms. The van der Waals surface area contributed by atoms with Gasteiger partial charge in [0.25, 0.3) is 0 Å². The molecule has 0 saturated carbocycles. The molecule has 134 valence electrons. The summed E-state index contributed by atoms with van der Waals surface area (Å²) in [5, 5.41) is 11.7. The monoisotopic (exact) mass is 417 g/mol. The van der Waals surface area contributed by atoms with Gasteiger partial charge >= 0.3 is 0 Å². The summed E-state index contributed by atoms with van der Waals surface area (Å²) in [4.78, 5) is 0. The van der Waals surface area contributed by atoms with Crippen molar-refractivity contribution in [2.24, 2.45) is 0 Å². The van der Waals surface area contributed by atoms with Crippen LogP contribution in [0.2, 0.25) is 0 Å². The normalized spacial score (nSPS) is 10.8. The second kappa shape index (κ2) is 8.65.